The van der Waals surface area contributed by atoms with Crippen LogP contribution >= 0.6 is 11.8 Å². The maximum absolute atomic E-state index is 12.3. The second-order valence-electron chi connectivity index (χ2n) is 4.61. The van der Waals surface area contributed by atoms with E-state index < -0.39 is 10.0 Å². The monoisotopic (exact) mass is 291 g/mol. The summed E-state index contributed by atoms with van der Waals surface area (Å²) >= 11 is 1.63. The lowest BCUT2D eigenvalue weighted by Gasteiger charge is -2.22. The van der Waals surface area contributed by atoms with Gasteiger partial charge in [-0.2, -0.15) is 16.1 Å². The first-order chi connectivity index (χ1) is 8.30. The molecule has 7 heteroatoms. The molecule has 1 atom stereocenters. The molecule has 0 amide bonds. The Balaban J connectivity index is 2.98. The Hall–Kier alpha value is -0.530. The van der Waals surface area contributed by atoms with Gasteiger partial charge >= 0.3 is 0 Å². The normalized spacial score (nSPS) is 14.4. The van der Waals surface area contributed by atoms with E-state index in [9.17, 15) is 8.42 Å². The van der Waals surface area contributed by atoms with Crippen LogP contribution in [-0.2, 0) is 10.0 Å². The van der Waals surface area contributed by atoms with Crippen molar-refractivity contribution in [1.82, 2.24) is 14.3 Å². The van der Waals surface area contributed by atoms with Crippen molar-refractivity contribution in [3.8, 4) is 0 Å². The van der Waals surface area contributed by atoms with E-state index in [2.05, 4.69) is 9.97 Å². The van der Waals surface area contributed by atoms with Gasteiger partial charge in [-0.05, 0) is 13.2 Å². The number of sulfonamides is 1. The molecule has 104 valence electrons. The van der Waals surface area contributed by atoms with Crippen molar-refractivity contribution < 1.29 is 8.42 Å². The summed E-state index contributed by atoms with van der Waals surface area (Å²) in [6.45, 7) is 5.83. The second-order valence-corrected chi connectivity index (χ2v) is 7.49. The molecule has 1 aromatic heterocycles. The summed E-state index contributed by atoms with van der Waals surface area (Å²) in [5.41, 5.74) is 0. The molecular weight excluding hydrogens is 270 g/mol. The first-order valence-electron chi connectivity index (χ1n) is 5.82. The maximum Gasteiger partial charge on any atom is 0.260 e. The molecule has 1 aromatic rings. The van der Waals surface area contributed by atoms with Crippen molar-refractivity contribution in [3.63, 3.8) is 0 Å². The van der Waals surface area contributed by atoms with Crippen LogP contribution in [-0.4, -0.2) is 47.8 Å². The molecule has 0 spiro atoms. The fraction of sp³-hybridized carbons (Fsp3) is 0.727. The van der Waals surface area contributed by atoms with Crippen molar-refractivity contribution in [1.29, 1.82) is 0 Å². The van der Waals surface area contributed by atoms with Crippen molar-refractivity contribution in [3.05, 3.63) is 12.0 Å². The molecule has 0 aliphatic heterocycles. The number of hydrogen-bond donors (Lipinski definition) is 1. The van der Waals surface area contributed by atoms with Gasteiger partial charge in [0.2, 0.25) is 0 Å². The third kappa shape index (κ3) is 3.27. The van der Waals surface area contributed by atoms with E-state index >= 15 is 0 Å². The minimum Gasteiger partial charge on any atom is -0.332 e. The Kier molecular flexibility index (Phi) is 5.24. The standard InChI is InChI=1S/C11H21N3O2S2/c1-8(2)11-12-6-10(13-11)18(15,16)14(4)9(3)7-17-5/h6,8-9H,7H2,1-5H3,(H,12,13)/t9-/m0/s1. The first kappa shape index (κ1) is 15.5. The lowest BCUT2D eigenvalue weighted by molar-refractivity contribution is 0.413. The van der Waals surface area contributed by atoms with Gasteiger partial charge in [-0.25, -0.2) is 13.4 Å². The van der Waals surface area contributed by atoms with Crippen LogP contribution in [0.1, 0.15) is 32.5 Å². The van der Waals surface area contributed by atoms with Crippen LogP contribution in [0.5, 0.6) is 0 Å². The van der Waals surface area contributed by atoms with E-state index in [1.54, 1.807) is 18.8 Å². The largest absolute Gasteiger partial charge is 0.332 e. The van der Waals surface area contributed by atoms with Crippen LogP contribution in [0.3, 0.4) is 0 Å². The summed E-state index contributed by atoms with van der Waals surface area (Å²) in [7, 11) is -1.87. The molecule has 0 bridgehead atoms. The molecule has 1 N–H and O–H groups in total. The highest BCUT2D eigenvalue weighted by Crippen LogP contribution is 2.18. The highest BCUT2D eigenvalue weighted by molar-refractivity contribution is 7.98. The van der Waals surface area contributed by atoms with E-state index in [4.69, 9.17) is 0 Å². The van der Waals surface area contributed by atoms with Gasteiger partial charge in [-0.1, -0.05) is 13.8 Å². The van der Waals surface area contributed by atoms with E-state index in [0.29, 0.717) is 5.82 Å². The summed E-state index contributed by atoms with van der Waals surface area (Å²) in [6, 6.07) is -0.0456. The highest BCUT2D eigenvalue weighted by atomic mass is 32.2. The smallest absolute Gasteiger partial charge is 0.260 e. The van der Waals surface area contributed by atoms with E-state index in [1.807, 2.05) is 27.0 Å². The average Bonchev–Trinajstić information content (AvgIpc) is 2.78. The molecule has 18 heavy (non-hydrogen) atoms. The lowest BCUT2D eigenvalue weighted by Crippen LogP contribution is -2.36. The fourth-order valence-electron chi connectivity index (χ4n) is 1.48. The van der Waals surface area contributed by atoms with Gasteiger partial charge in [0.15, 0.2) is 5.03 Å². The number of imidazole rings is 1. The molecule has 0 aliphatic rings. The molecule has 0 saturated carbocycles. The van der Waals surface area contributed by atoms with Crippen LogP contribution in [0, 0.1) is 0 Å². The number of aromatic amines is 1. The van der Waals surface area contributed by atoms with Gasteiger partial charge in [-0.15, -0.1) is 0 Å². The van der Waals surface area contributed by atoms with E-state index in [1.165, 1.54) is 10.5 Å². The summed E-state index contributed by atoms with van der Waals surface area (Å²) in [5, 5.41) is 0.168. The summed E-state index contributed by atoms with van der Waals surface area (Å²) < 4.78 is 26.0. The zero-order valence-electron chi connectivity index (χ0n) is 11.5. The molecule has 5 nitrogen and oxygen atoms in total. The summed E-state index contributed by atoms with van der Waals surface area (Å²) in [4.78, 5) is 6.99. The van der Waals surface area contributed by atoms with Crippen LogP contribution in [0.4, 0.5) is 0 Å². The third-order valence-corrected chi connectivity index (χ3v) is 5.50. The Morgan fingerprint density at radius 2 is 2.06 bits per heavy atom. The van der Waals surface area contributed by atoms with Crippen LogP contribution in [0.25, 0.3) is 0 Å². The molecule has 0 unspecified atom stereocenters. The molecule has 0 saturated heterocycles. The predicted octanol–water partition coefficient (Wildman–Crippen LogP) is 1.91. The number of aromatic nitrogens is 2. The van der Waals surface area contributed by atoms with Gasteiger partial charge in [0.25, 0.3) is 10.0 Å². The van der Waals surface area contributed by atoms with Crippen molar-refractivity contribution in [2.45, 2.75) is 37.8 Å². The number of H-pyrrole nitrogens is 1. The Labute approximate surface area is 113 Å². The number of rotatable bonds is 6. The van der Waals surface area contributed by atoms with Gasteiger partial charge in [0, 0.05) is 24.8 Å². The first-order valence-corrected chi connectivity index (χ1v) is 8.66. The zero-order chi connectivity index (χ0) is 13.9. The summed E-state index contributed by atoms with van der Waals surface area (Å²) in [6.07, 6.45) is 3.36. The maximum atomic E-state index is 12.3. The Bertz CT molecular complexity index is 482. The van der Waals surface area contributed by atoms with Crippen molar-refractivity contribution in [2.24, 2.45) is 0 Å². The Morgan fingerprint density at radius 3 is 2.50 bits per heavy atom. The van der Waals surface area contributed by atoms with Crippen molar-refractivity contribution in [2.75, 3.05) is 19.1 Å². The molecule has 0 radical (unpaired) electrons. The second kappa shape index (κ2) is 6.08. The molecule has 0 aromatic carbocycles. The molecule has 0 fully saturated rings. The molecule has 1 heterocycles. The minimum atomic E-state index is -3.47. The van der Waals surface area contributed by atoms with E-state index in [-0.39, 0.29) is 17.0 Å². The third-order valence-electron chi connectivity index (χ3n) is 2.80. The topological polar surface area (TPSA) is 66.1 Å². The zero-order valence-corrected chi connectivity index (χ0v) is 13.1. The van der Waals surface area contributed by atoms with Gasteiger partial charge < -0.3 is 4.98 Å². The SMILES string of the molecule is CSC[C@H](C)N(C)S(=O)(=O)c1cnc(C(C)C)[nH]1. The van der Waals surface area contributed by atoms with Crippen LogP contribution in [0.2, 0.25) is 0 Å². The predicted molar refractivity (Wildman–Crippen MR) is 75.5 cm³/mol. The number of thioether (sulfide) groups is 1. The quantitative estimate of drug-likeness (QED) is 0.869. The molecule has 1 rings (SSSR count). The van der Waals surface area contributed by atoms with E-state index in [0.717, 1.165) is 5.75 Å². The molecule has 0 aliphatic carbocycles. The van der Waals surface area contributed by atoms with Gasteiger partial charge in [-0.3, -0.25) is 0 Å². The van der Waals surface area contributed by atoms with Crippen LogP contribution < -0.4 is 0 Å². The highest BCUT2D eigenvalue weighted by Gasteiger charge is 2.27. The molecular formula is C11H21N3O2S2. The fourth-order valence-corrected chi connectivity index (χ4v) is 3.56. The average molecular weight is 291 g/mol. The summed E-state index contributed by atoms with van der Waals surface area (Å²) in [5.74, 6) is 1.64. The van der Waals surface area contributed by atoms with Crippen LogP contribution in [0.15, 0.2) is 11.2 Å². The van der Waals surface area contributed by atoms with Crippen molar-refractivity contribution >= 4 is 21.8 Å². The number of nitrogens with one attached hydrogen (secondary N) is 1. The van der Waals surface area contributed by atoms with Gasteiger partial charge in [0.05, 0.1) is 6.20 Å². The Morgan fingerprint density at radius 1 is 1.44 bits per heavy atom. The number of hydrogen-bond acceptors (Lipinski definition) is 4. The van der Waals surface area contributed by atoms with Gasteiger partial charge in [0.1, 0.15) is 5.82 Å². The minimum absolute atomic E-state index is 0.0456. The lowest BCUT2D eigenvalue weighted by atomic mass is 10.2. The number of nitrogens with zero attached hydrogens (tertiary/aromatic N) is 2.